The maximum atomic E-state index is 14.0. The van der Waals surface area contributed by atoms with Crippen LogP contribution in [0, 0.1) is 12.3 Å². The molecule has 1 unspecified atom stereocenters. The van der Waals surface area contributed by atoms with Gasteiger partial charge in [0.15, 0.2) is 5.69 Å². The van der Waals surface area contributed by atoms with Crippen LogP contribution in [0.15, 0.2) is 66.2 Å². The number of alkyl halides is 6. The minimum Gasteiger partial charge on any atom is -0.506 e. The fraction of sp³-hybridized carbons (Fsp3) is 0.469. The minimum atomic E-state index is -4.83. The Kier molecular flexibility index (Phi) is 18.0. The summed E-state index contributed by atoms with van der Waals surface area (Å²) in [5.41, 5.74) is 1.28. The molecule has 21 heteroatoms. The molecule has 0 bridgehead atoms. The van der Waals surface area contributed by atoms with Gasteiger partial charge in [0.1, 0.15) is 17.5 Å². The molecule has 70 heavy (non-hydrogen) atoms. The van der Waals surface area contributed by atoms with E-state index >= 15 is 0 Å². The van der Waals surface area contributed by atoms with E-state index in [9.17, 15) is 46.1 Å². The standard InChI is InChI=1S/C49H57ClF6N6O7S/c1-29-43(70-28-59-29)31-11-9-30(10-12-31)26-58-45(65)38-24-33(63)27-62(38)46(66)44(47(2,3)4)57-17-20-68-22-21-67-18-7-6-8-19-69-39-16-14-34(37-25-40(49(54,55)56)60-61(37)5)42(64)41(39)32-13-15-36(50)35(23-32)48(51,52)53/h9-16,23,25,28,33,38,44,57,63-64H,6-8,17-22,24,26-27H2,1-5H3,(H,58,65)/t33-,38+,44?/m1/s1. The number of thiazole rings is 1. The monoisotopic (exact) mass is 1020 g/mol. The zero-order valence-electron chi connectivity index (χ0n) is 39.3. The third-order valence-electron chi connectivity index (χ3n) is 11.7. The zero-order chi connectivity index (χ0) is 51.0. The second-order valence-electron chi connectivity index (χ2n) is 18.0. The lowest BCUT2D eigenvalue weighted by atomic mass is 9.85. The topological polar surface area (TPSA) is 160 Å². The lowest BCUT2D eigenvalue weighted by Crippen LogP contribution is -2.57. The number of aromatic hydroxyl groups is 1. The molecule has 3 aromatic carbocycles. The van der Waals surface area contributed by atoms with Gasteiger partial charge in [0.05, 0.1) is 76.5 Å². The Morgan fingerprint density at radius 3 is 2.23 bits per heavy atom. The number of nitrogens with one attached hydrogen (secondary N) is 2. The Balaban J connectivity index is 0.922. The molecule has 2 aromatic heterocycles. The van der Waals surface area contributed by atoms with Gasteiger partial charge in [-0.3, -0.25) is 14.3 Å². The lowest BCUT2D eigenvalue weighted by molar-refractivity contribution is -0.142. The highest BCUT2D eigenvalue weighted by Crippen LogP contribution is 2.47. The Hall–Kier alpha value is -5.25. The summed E-state index contributed by atoms with van der Waals surface area (Å²) in [6.07, 6.45) is -8.54. The Labute approximate surface area is 411 Å². The molecule has 3 heterocycles. The first-order valence-corrected chi connectivity index (χ1v) is 23.9. The second-order valence-corrected chi connectivity index (χ2v) is 19.3. The fourth-order valence-electron chi connectivity index (χ4n) is 8.09. The van der Waals surface area contributed by atoms with Crippen molar-refractivity contribution in [2.75, 3.05) is 46.1 Å². The van der Waals surface area contributed by atoms with Crippen LogP contribution in [-0.2, 0) is 45.0 Å². The molecule has 0 radical (unpaired) electrons. The molecule has 1 aliphatic heterocycles. The average molecular weight is 1020 g/mol. The largest absolute Gasteiger partial charge is 0.506 e. The van der Waals surface area contributed by atoms with Crippen molar-refractivity contribution in [1.29, 1.82) is 0 Å². The lowest BCUT2D eigenvalue weighted by Gasteiger charge is -2.35. The molecule has 1 fully saturated rings. The number of aliphatic hydroxyl groups is 1. The first-order valence-electron chi connectivity index (χ1n) is 22.7. The van der Waals surface area contributed by atoms with E-state index < -0.39 is 58.0 Å². The molecule has 380 valence electrons. The molecule has 6 rings (SSSR count). The van der Waals surface area contributed by atoms with Crippen molar-refractivity contribution < 1.29 is 60.4 Å². The van der Waals surface area contributed by atoms with Crippen molar-refractivity contribution in [3.63, 3.8) is 0 Å². The van der Waals surface area contributed by atoms with E-state index in [1.807, 2.05) is 52.0 Å². The summed E-state index contributed by atoms with van der Waals surface area (Å²) in [6, 6.07) is 12.8. The van der Waals surface area contributed by atoms with Crippen LogP contribution in [0.2, 0.25) is 5.02 Å². The van der Waals surface area contributed by atoms with Crippen molar-refractivity contribution in [1.82, 2.24) is 30.3 Å². The second kappa shape index (κ2) is 23.3. The molecule has 5 aromatic rings. The number of β-amino-alcohol motifs (C(OH)–C–C–N with tert-alkyl or cyclic N) is 1. The smallest absolute Gasteiger partial charge is 0.435 e. The van der Waals surface area contributed by atoms with Gasteiger partial charge < -0.3 is 40.0 Å². The summed E-state index contributed by atoms with van der Waals surface area (Å²) in [7, 11) is 1.25. The van der Waals surface area contributed by atoms with Gasteiger partial charge >= 0.3 is 12.4 Å². The number of carbonyl (C=O) groups excluding carboxylic acids is 2. The third kappa shape index (κ3) is 13.8. The van der Waals surface area contributed by atoms with Gasteiger partial charge in [0.2, 0.25) is 11.8 Å². The van der Waals surface area contributed by atoms with Crippen molar-refractivity contribution in [2.45, 2.75) is 90.5 Å². The number of nitrogens with zero attached hydrogens (tertiary/aromatic N) is 4. The first kappa shape index (κ1) is 54.1. The number of ether oxygens (including phenoxy) is 3. The van der Waals surface area contributed by atoms with Crippen LogP contribution in [0.3, 0.4) is 0 Å². The molecule has 3 atom stereocenters. The molecule has 2 amide bonds. The van der Waals surface area contributed by atoms with Crippen LogP contribution >= 0.6 is 22.9 Å². The summed E-state index contributed by atoms with van der Waals surface area (Å²) in [6.45, 7) is 9.72. The molecule has 4 N–H and O–H groups in total. The van der Waals surface area contributed by atoms with Crippen LogP contribution in [0.25, 0.3) is 32.8 Å². The van der Waals surface area contributed by atoms with Gasteiger partial charge in [-0.2, -0.15) is 31.4 Å². The number of phenolic OH excluding ortho intramolecular Hbond substituents is 1. The number of hydrogen-bond acceptors (Lipinski definition) is 11. The molecule has 1 saturated heterocycles. The van der Waals surface area contributed by atoms with E-state index in [2.05, 4.69) is 20.7 Å². The highest BCUT2D eigenvalue weighted by atomic mass is 35.5. The van der Waals surface area contributed by atoms with Crippen LogP contribution in [0.5, 0.6) is 11.5 Å². The van der Waals surface area contributed by atoms with Gasteiger partial charge in [0, 0.05) is 45.3 Å². The number of rotatable bonds is 21. The number of unbranched alkanes of at least 4 members (excludes halogenated alkanes) is 2. The van der Waals surface area contributed by atoms with Crippen molar-refractivity contribution in [3.05, 3.63) is 93.7 Å². The van der Waals surface area contributed by atoms with E-state index in [-0.39, 0.29) is 79.3 Å². The van der Waals surface area contributed by atoms with Crippen molar-refractivity contribution >= 4 is 34.8 Å². The number of aliphatic hydroxyl groups excluding tert-OH is 1. The number of amides is 2. The third-order valence-corrected chi connectivity index (χ3v) is 13.0. The normalized spacial score (nSPS) is 15.9. The predicted octanol–water partition coefficient (Wildman–Crippen LogP) is 9.45. The number of phenols is 1. The number of benzene rings is 3. The quantitative estimate of drug-likeness (QED) is 0.0412. The minimum absolute atomic E-state index is 0.00882. The summed E-state index contributed by atoms with van der Waals surface area (Å²) in [5, 5.41) is 31.1. The highest BCUT2D eigenvalue weighted by molar-refractivity contribution is 7.13. The predicted molar refractivity (Wildman–Crippen MR) is 253 cm³/mol. The van der Waals surface area contributed by atoms with Gasteiger partial charge in [-0.1, -0.05) is 62.7 Å². The Morgan fingerprint density at radius 2 is 1.59 bits per heavy atom. The first-order chi connectivity index (χ1) is 33.0. The van der Waals surface area contributed by atoms with E-state index in [1.54, 1.807) is 16.8 Å². The van der Waals surface area contributed by atoms with Crippen LogP contribution in [-0.4, -0.2) is 106 Å². The van der Waals surface area contributed by atoms with E-state index in [0.29, 0.717) is 39.0 Å². The zero-order valence-corrected chi connectivity index (χ0v) is 40.9. The SMILES string of the molecule is Cc1ncsc1-c1ccc(CNC(=O)[C@@H]2C[C@@H](O)CN2C(=O)C(NCCOCCOCCCCCOc2ccc(-c3cc(C(F)(F)F)nn3C)c(O)c2-c2ccc(Cl)c(C(F)(F)F)c2)C(C)(C)C)cc1. The number of aryl methyl sites for hydroxylation is 2. The highest BCUT2D eigenvalue weighted by Gasteiger charge is 2.44. The Morgan fingerprint density at radius 1 is 0.900 bits per heavy atom. The number of carbonyl (C=O) groups is 2. The van der Waals surface area contributed by atoms with Gasteiger partial charge in [-0.15, -0.1) is 11.3 Å². The van der Waals surface area contributed by atoms with Crippen LogP contribution in [0.4, 0.5) is 26.3 Å². The summed E-state index contributed by atoms with van der Waals surface area (Å²) >= 11 is 7.42. The van der Waals surface area contributed by atoms with E-state index in [4.69, 9.17) is 25.8 Å². The fourth-order valence-corrected chi connectivity index (χ4v) is 9.13. The van der Waals surface area contributed by atoms with Crippen molar-refractivity contribution in [3.8, 4) is 44.3 Å². The van der Waals surface area contributed by atoms with Gasteiger partial charge in [0.25, 0.3) is 0 Å². The molecular weight excluding hydrogens is 966 g/mol. The summed E-state index contributed by atoms with van der Waals surface area (Å²) < 4.78 is 100. The molecule has 0 saturated carbocycles. The summed E-state index contributed by atoms with van der Waals surface area (Å²) in [4.78, 5) is 34.2. The number of hydrogen-bond donors (Lipinski definition) is 4. The molecule has 0 aliphatic carbocycles. The van der Waals surface area contributed by atoms with Gasteiger partial charge in [-0.25, -0.2) is 4.98 Å². The summed E-state index contributed by atoms with van der Waals surface area (Å²) in [5.74, 6) is -1.22. The van der Waals surface area contributed by atoms with E-state index in [0.717, 1.165) is 44.6 Å². The molecule has 0 spiro atoms. The molecule has 1 aliphatic rings. The number of aromatic nitrogens is 3. The molecular formula is C49H57ClF6N6O7S. The van der Waals surface area contributed by atoms with Crippen molar-refractivity contribution in [2.24, 2.45) is 12.5 Å². The number of likely N-dealkylation sites (tertiary alicyclic amines) is 1. The van der Waals surface area contributed by atoms with Gasteiger partial charge in [-0.05, 0) is 78.6 Å². The maximum absolute atomic E-state index is 14.0. The van der Waals surface area contributed by atoms with Crippen LogP contribution in [0.1, 0.15) is 69.0 Å². The molecule has 13 nitrogen and oxygen atoms in total. The van der Waals surface area contributed by atoms with Crippen LogP contribution < -0.4 is 15.4 Å². The number of halogens is 7. The Bertz CT molecular complexity index is 2570. The maximum Gasteiger partial charge on any atom is 0.435 e. The van der Waals surface area contributed by atoms with E-state index in [1.165, 1.54) is 30.1 Å². The average Bonchev–Trinajstić information content (AvgIpc) is 4.03.